The first-order chi connectivity index (χ1) is 12.8. The number of nitrogens with zero attached hydrogens (tertiary/aromatic N) is 2. The molecule has 0 unspecified atom stereocenters. The number of para-hydroxylation sites is 1. The fourth-order valence-electron chi connectivity index (χ4n) is 4.75. The fraction of sp³-hybridized carbons (Fsp3) is 0.476. The Balaban J connectivity index is 1.56. The lowest BCUT2D eigenvalue weighted by atomic mass is 9.83. The van der Waals surface area contributed by atoms with Gasteiger partial charge in [0.2, 0.25) is 0 Å². The molecule has 1 N–H and O–H groups in total. The van der Waals surface area contributed by atoms with Crippen molar-refractivity contribution in [2.75, 3.05) is 18.5 Å². The largest absolute Gasteiger partial charge is 0.347 e. The van der Waals surface area contributed by atoms with Crippen molar-refractivity contribution in [2.24, 2.45) is 0 Å². The van der Waals surface area contributed by atoms with Crippen molar-refractivity contribution in [3.8, 4) is 0 Å². The van der Waals surface area contributed by atoms with Gasteiger partial charge in [-0.05, 0) is 24.5 Å². The van der Waals surface area contributed by atoms with E-state index in [9.17, 15) is 14.4 Å². The van der Waals surface area contributed by atoms with Gasteiger partial charge in [0.1, 0.15) is 5.54 Å². The number of ketones is 1. The highest BCUT2D eigenvalue weighted by molar-refractivity contribution is 6.10. The van der Waals surface area contributed by atoms with Crippen molar-refractivity contribution in [3.63, 3.8) is 0 Å². The molecule has 1 aliphatic carbocycles. The lowest BCUT2D eigenvalue weighted by molar-refractivity contribution is -0.133. The minimum Gasteiger partial charge on any atom is -0.347 e. The molecular weight excluding hydrogens is 342 g/mol. The van der Waals surface area contributed by atoms with Gasteiger partial charge in [-0.1, -0.05) is 44.9 Å². The van der Waals surface area contributed by atoms with E-state index < -0.39 is 11.6 Å². The molecule has 1 saturated heterocycles. The maximum atomic E-state index is 12.8. The van der Waals surface area contributed by atoms with E-state index in [1.165, 1.54) is 0 Å². The summed E-state index contributed by atoms with van der Waals surface area (Å²) in [4.78, 5) is 40.9. The molecule has 27 heavy (non-hydrogen) atoms. The average molecular weight is 367 g/mol. The van der Waals surface area contributed by atoms with Crippen LogP contribution in [0.2, 0.25) is 0 Å². The van der Waals surface area contributed by atoms with Gasteiger partial charge in [-0.15, -0.1) is 0 Å². The van der Waals surface area contributed by atoms with E-state index >= 15 is 0 Å². The van der Waals surface area contributed by atoms with Gasteiger partial charge in [0.25, 0.3) is 5.91 Å². The predicted molar refractivity (Wildman–Crippen MR) is 102 cm³/mol. The summed E-state index contributed by atoms with van der Waals surface area (Å²) in [6, 6.07) is 7.62. The van der Waals surface area contributed by atoms with Crippen LogP contribution in [0.4, 0.5) is 10.5 Å². The Bertz CT molecular complexity index is 865. The molecule has 6 nitrogen and oxygen atoms in total. The van der Waals surface area contributed by atoms with Crippen molar-refractivity contribution in [3.05, 3.63) is 41.6 Å². The summed E-state index contributed by atoms with van der Waals surface area (Å²) >= 11 is 0. The van der Waals surface area contributed by atoms with E-state index in [1.807, 2.05) is 30.1 Å². The third kappa shape index (κ3) is 2.58. The Kier molecular flexibility index (Phi) is 3.91. The number of hydrogen-bond acceptors (Lipinski definition) is 4. The molecule has 2 aliphatic heterocycles. The predicted octanol–water partition coefficient (Wildman–Crippen LogP) is 2.73. The molecule has 1 aromatic carbocycles. The molecule has 0 atom stereocenters. The van der Waals surface area contributed by atoms with Gasteiger partial charge >= 0.3 is 6.03 Å². The van der Waals surface area contributed by atoms with E-state index in [4.69, 9.17) is 0 Å². The quantitative estimate of drug-likeness (QED) is 0.659. The number of imide groups is 1. The number of carbonyl (C=O) groups excluding carboxylic acids is 3. The first-order valence-corrected chi connectivity index (χ1v) is 9.49. The van der Waals surface area contributed by atoms with Gasteiger partial charge in [-0.3, -0.25) is 14.5 Å². The van der Waals surface area contributed by atoms with Gasteiger partial charge in [0, 0.05) is 29.9 Å². The lowest BCUT2D eigenvalue weighted by Gasteiger charge is -2.24. The Labute approximate surface area is 159 Å². The number of benzene rings is 1. The van der Waals surface area contributed by atoms with Crippen molar-refractivity contribution in [1.29, 1.82) is 0 Å². The van der Waals surface area contributed by atoms with Crippen molar-refractivity contribution < 1.29 is 14.4 Å². The third-order valence-electron chi connectivity index (χ3n) is 6.26. The molecule has 2 fully saturated rings. The number of carbonyl (C=O) groups is 3. The molecule has 1 spiro atoms. The van der Waals surface area contributed by atoms with Crippen molar-refractivity contribution in [2.45, 2.75) is 50.5 Å². The van der Waals surface area contributed by atoms with E-state index in [1.54, 1.807) is 6.08 Å². The summed E-state index contributed by atoms with van der Waals surface area (Å²) in [7, 11) is 1.94. The summed E-state index contributed by atoms with van der Waals surface area (Å²) in [6.07, 6.45) is 4.76. The molecule has 1 aromatic rings. The molecule has 0 bridgehead atoms. The second-order valence-corrected chi connectivity index (χ2v) is 8.31. The zero-order valence-electron chi connectivity index (χ0n) is 16.0. The highest BCUT2D eigenvalue weighted by Crippen LogP contribution is 2.46. The first-order valence-electron chi connectivity index (χ1n) is 9.49. The summed E-state index contributed by atoms with van der Waals surface area (Å²) in [5, 5.41) is 2.82. The lowest BCUT2D eigenvalue weighted by Crippen LogP contribution is -2.44. The number of allylic oxidation sites excluding steroid dienone is 1. The third-order valence-corrected chi connectivity index (χ3v) is 6.26. The van der Waals surface area contributed by atoms with Crippen LogP contribution in [0.3, 0.4) is 0 Å². The Morgan fingerprint density at radius 3 is 2.52 bits per heavy atom. The number of nitrogens with one attached hydrogen (secondary N) is 1. The van der Waals surface area contributed by atoms with Gasteiger partial charge in [-0.25, -0.2) is 4.79 Å². The highest BCUT2D eigenvalue weighted by atomic mass is 16.2. The number of amides is 3. The number of anilines is 1. The SMILES string of the molecule is CN1C(=CC(=O)CN2C(=O)NC3(CCCC3)C2=O)C(C)(C)c2ccccc21. The topological polar surface area (TPSA) is 69.7 Å². The number of fused-ring (bicyclic) bond motifs is 1. The minimum atomic E-state index is -0.774. The van der Waals surface area contributed by atoms with Crippen LogP contribution in [-0.4, -0.2) is 41.8 Å². The second kappa shape index (κ2) is 5.94. The monoisotopic (exact) mass is 367 g/mol. The Morgan fingerprint density at radius 1 is 1.19 bits per heavy atom. The molecule has 2 heterocycles. The molecule has 3 aliphatic rings. The number of hydrogen-bond donors (Lipinski definition) is 1. The van der Waals surface area contributed by atoms with Gasteiger partial charge in [-0.2, -0.15) is 0 Å². The van der Waals surface area contributed by atoms with E-state index in [0.29, 0.717) is 12.8 Å². The Hall–Kier alpha value is -2.63. The average Bonchev–Trinajstić information content (AvgIpc) is 3.24. The van der Waals surface area contributed by atoms with Crippen molar-refractivity contribution >= 4 is 23.4 Å². The number of urea groups is 1. The first kappa shape index (κ1) is 17.8. The summed E-state index contributed by atoms with van der Waals surface area (Å²) in [5.74, 6) is -0.490. The fourth-order valence-corrected chi connectivity index (χ4v) is 4.75. The zero-order valence-corrected chi connectivity index (χ0v) is 16.0. The van der Waals surface area contributed by atoms with Crippen LogP contribution in [0.25, 0.3) is 0 Å². The van der Waals surface area contributed by atoms with Crippen LogP contribution in [0, 0.1) is 0 Å². The minimum absolute atomic E-state index is 0.212. The standard InChI is InChI=1S/C21H25N3O3/c1-20(2)15-8-4-5-9-16(15)23(3)17(20)12-14(25)13-24-18(26)21(22-19(24)27)10-6-7-11-21/h4-5,8-9,12H,6-7,10-11,13H2,1-3H3,(H,22,27). The molecule has 3 amide bonds. The van der Waals surface area contributed by atoms with Crippen molar-refractivity contribution in [1.82, 2.24) is 10.2 Å². The summed E-state index contributed by atoms with van der Waals surface area (Å²) < 4.78 is 0. The second-order valence-electron chi connectivity index (χ2n) is 8.31. The van der Waals surface area contributed by atoms with E-state index in [-0.39, 0.29) is 23.7 Å². The van der Waals surface area contributed by atoms with Crippen LogP contribution in [0.1, 0.15) is 45.1 Å². The van der Waals surface area contributed by atoms with Crippen LogP contribution in [0.5, 0.6) is 0 Å². The Morgan fingerprint density at radius 2 is 1.85 bits per heavy atom. The summed E-state index contributed by atoms with van der Waals surface area (Å²) in [5.41, 5.74) is 2.01. The molecule has 1 saturated carbocycles. The van der Waals surface area contributed by atoms with Crippen LogP contribution < -0.4 is 10.2 Å². The zero-order chi connectivity index (χ0) is 19.4. The maximum absolute atomic E-state index is 12.8. The van der Waals surface area contributed by atoms with Gasteiger partial charge in [0.05, 0.1) is 6.54 Å². The molecular formula is C21H25N3O3. The molecule has 4 rings (SSSR count). The number of rotatable bonds is 3. The summed E-state index contributed by atoms with van der Waals surface area (Å²) in [6.45, 7) is 3.95. The van der Waals surface area contributed by atoms with Gasteiger partial charge in [0.15, 0.2) is 5.78 Å². The maximum Gasteiger partial charge on any atom is 0.325 e. The molecule has 142 valence electrons. The van der Waals surface area contributed by atoms with Crippen LogP contribution in [0.15, 0.2) is 36.0 Å². The number of likely N-dealkylation sites (N-methyl/N-ethyl adjacent to an activating group) is 1. The van der Waals surface area contributed by atoms with Crippen LogP contribution in [-0.2, 0) is 15.0 Å². The molecule has 6 heteroatoms. The van der Waals surface area contributed by atoms with E-state index in [0.717, 1.165) is 34.7 Å². The van der Waals surface area contributed by atoms with E-state index in [2.05, 4.69) is 25.2 Å². The molecule has 0 aromatic heterocycles. The van der Waals surface area contributed by atoms with Crippen LogP contribution >= 0.6 is 0 Å². The molecule has 0 radical (unpaired) electrons. The normalized spacial score (nSPS) is 24.0. The highest BCUT2D eigenvalue weighted by Gasteiger charge is 2.52. The van der Waals surface area contributed by atoms with Gasteiger partial charge < -0.3 is 10.2 Å². The smallest absolute Gasteiger partial charge is 0.325 e.